The van der Waals surface area contributed by atoms with E-state index in [1.807, 2.05) is 0 Å². The third kappa shape index (κ3) is 5.01. The highest BCUT2D eigenvalue weighted by atomic mass is 32.2. The van der Waals surface area contributed by atoms with Crippen LogP contribution in [0.25, 0.3) is 0 Å². The lowest BCUT2D eigenvalue weighted by atomic mass is 10.1. The molecule has 33 heavy (non-hydrogen) atoms. The van der Waals surface area contributed by atoms with E-state index in [4.69, 9.17) is 0 Å². The van der Waals surface area contributed by atoms with Gasteiger partial charge >= 0.3 is 0 Å². The number of imide groups is 1. The number of thioether (sulfide) groups is 1. The summed E-state index contributed by atoms with van der Waals surface area (Å²) in [7, 11) is 0. The summed E-state index contributed by atoms with van der Waals surface area (Å²) in [6, 6.07) is 18.5. The summed E-state index contributed by atoms with van der Waals surface area (Å²) in [4.78, 5) is 51.0. The lowest BCUT2D eigenvalue weighted by molar-refractivity contribution is -0.121. The molecule has 0 bridgehead atoms. The smallest absolute Gasteiger partial charge is 0.255 e. The lowest BCUT2D eigenvalue weighted by Crippen LogP contribution is -2.31. The van der Waals surface area contributed by atoms with Gasteiger partial charge in [0.15, 0.2) is 5.78 Å². The largest absolute Gasteiger partial charge is 0.322 e. The van der Waals surface area contributed by atoms with Crippen LogP contribution in [0.3, 0.4) is 0 Å². The molecule has 1 unspecified atom stereocenters. The van der Waals surface area contributed by atoms with E-state index < -0.39 is 11.1 Å². The predicted octanol–water partition coefficient (Wildman–Crippen LogP) is 4.70. The predicted molar refractivity (Wildman–Crippen MR) is 124 cm³/mol. The Morgan fingerprint density at radius 1 is 0.909 bits per heavy atom. The molecule has 1 aliphatic heterocycles. The van der Waals surface area contributed by atoms with Crippen molar-refractivity contribution in [1.82, 2.24) is 0 Å². The molecule has 0 spiro atoms. The summed E-state index contributed by atoms with van der Waals surface area (Å²) in [5.41, 5.74) is 1.84. The number of anilines is 2. The van der Waals surface area contributed by atoms with Crippen molar-refractivity contribution in [3.05, 3.63) is 89.7 Å². The molecule has 3 aromatic carbocycles. The fourth-order valence-corrected chi connectivity index (χ4v) is 4.45. The van der Waals surface area contributed by atoms with Crippen LogP contribution in [0.5, 0.6) is 0 Å². The van der Waals surface area contributed by atoms with Gasteiger partial charge in [0.05, 0.1) is 10.9 Å². The number of carbonyl (C=O) groups is 4. The van der Waals surface area contributed by atoms with E-state index >= 15 is 0 Å². The summed E-state index contributed by atoms with van der Waals surface area (Å²) < 4.78 is 13.0. The molecule has 0 aliphatic carbocycles. The molecule has 0 radical (unpaired) electrons. The number of benzene rings is 3. The Hall–Kier alpha value is -3.78. The van der Waals surface area contributed by atoms with Crippen LogP contribution in [0.15, 0.2) is 77.7 Å². The number of ketones is 1. The van der Waals surface area contributed by atoms with Gasteiger partial charge in [0.2, 0.25) is 11.8 Å². The first kappa shape index (κ1) is 22.4. The average Bonchev–Trinajstić information content (AvgIpc) is 3.08. The topological polar surface area (TPSA) is 83.6 Å². The number of hydrogen-bond donors (Lipinski definition) is 1. The fourth-order valence-electron chi connectivity index (χ4n) is 3.40. The van der Waals surface area contributed by atoms with Crippen LogP contribution >= 0.6 is 11.8 Å². The number of nitrogens with zero attached hydrogens (tertiary/aromatic N) is 1. The fraction of sp³-hybridized carbons (Fsp3) is 0.120. The van der Waals surface area contributed by atoms with E-state index in [-0.39, 0.29) is 29.9 Å². The van der Waals surface area contributed by atoms with Crippen LogP contribution < -0.4 is 10.2 Å². The highest BCUT2D eigenvalue weighted by Gasteiger charge is 2.40. The molecule has 3 aromatic rings. The minimum Gasteiger partial charge on any atom is -0.322 e. The second-order valence-corrected chi connectivity index (χ2v) is 8.74. The maximum absolute atomic E-state index is 13.0. The molecule has 6 nitrogen and oxygen atoms in total. The second-order valence-electron chi connectivity index (χ2n) is 7.47. The summed E-state index contributed by atoms with van der Waals surface area (Å²) in [5.74, 6) is -1.48. The standard InChI is InChI=1S/C25H19FN2O4S/c1-15(29)16-4-10-20(11-5-16)28-23(30)14-22(25(28)32)33-21-12-8-19(9-13-21)27-24(31)17-2-6-18(26)7-3-17/h2-13,22H,14H2,1H3,(H,27,31). The summed E-state index contributed by atoms with van der Waals surface area (Å²) in [6.07, 6.45) is 0.0705. The zero-order chi connectivity index (χ0) is 23.5. The lowest BCUT2D eigenvalue weighted by Gasteiger charge is -2.15. The molecule has 1 fully saturated rings. The van der Waals surface area contributed by atoms with Gasteiger partial charge in [0.1, 0.15) is 5.82 Å². The van der Waals surface area contributed by atoms with E-state index in [9.17, 15) is 23.6 Å². The van der Waals surface area contributed by atoms with Crippen molar-refractivity contribution in [3.8, 4) is 0 Å². The third-order valence-electron chi connectivity index (χ3n) is 5.13. The minimum absolute atomic E-state index is 0.0705. The molecule has 166 valence electrons. The van der Waals surface area contributed by atoms with Crippen LogP contribution in [0, 0.1) is 5.82 Å². The Balaban J connectivity index is 1.40. The molecule has 1 aliphatic rings. The van der Waals surface area contributed by atoms with E-state index in [1.54, 1.807) is 48.5 Å². The number of hydrogen-bond acceptors (Lipinski definition) is 5. The number of halogens is 1. The van der Waals surface area contributed by atoms with Gasteiger partial charge in [-0.05, 0) is 79.7 Å². The van der Waals surface area contributed by atoms with Gasteiger partial charge in [0.25, 0.3) is 5.91 Å². The van der Waals surface area contributed by atoms with Gasteiger partial charge in [-0.1, -0.05) is 0 Å². The van der Waals surface area contributed by atoms with E-state index in [0.29, 0.717) is 22.5 Å². The van der Waals surface area contributed by atoms with Crippen molar-refractivity contribution in [1.29, 1.82) is 0 Å². The van der Waals surface area contributed by atoms with Gasteiger partial charge in [0, 0.05) is 28.1 Å². The first-order valence-electron chi connectivity index (χ1n) is 10.1. The SMILES string of the molecule is CC(=O)c1ccc(N2C(=O)CC(Sc3ccc(NC(=O)c4ccc(F)cc4)cc3)C2=O)cc1. The van der Waals surface area contributed by atoms with Gasteiger partial charge in [-0.15, -0.1) is 11.8 Å². The third-order valence-corrected chi connectivity index (χ3v) is 6.33. The maximum atomic E-state index is 13.0. The van der Waals surface area contributed by atoms with Crippen molar-refractivity contribution >= 4 is 46.6 Å². The van der Waals surface area contributed by atoms with Crippen LogP contribution in [0.2, 0.25) is 0 Å². The molecular weight excluding hydrogens is 443 g/mol. The van der Waals surface area contributed by atoms with Crippen LogP contribution in [-0.4, -0.2) is 28.8 Å². The number of Topliss-reactive ketones (excluding diaryl/α,β-unsaturated/α-hetero) is 1. The molecule has 1 atom stereocenters. The Kier molecular flexibility index (Phi) is 6.37. The molecule has 8 heteroatoms. The monoisotopic (exact) mass is 462 g/mol. The van der Waals surface area contributed by atoms with Gasteiger partial charge in [-0.2, -0.15) is 0 Å². The van der Waals surface area contributed by atoms with Crippen molar-refractivity contribution < 1.29 is 23.6 Å². The van der Waals surface area contributed by atoms with E-state index in [0.717, 1.165) is 9.80 Å². The Bertz CT molecular complexity index is 1220. The number of carbonyl (C=O) groups excluding carboxylic acids is 4. The van der Waals surface area contributed by atoms with Crippen LogP contribution in [0.4, 0.5) is 15.8 Å². The highest BCUT2D eigenvalue weighted by Crippen LogP contribution is 2.34. The van der Waals surface area contributed by atoms with E-state index in [1.165, 1.54) is 43.0 Å². The zero-order valence-corrected chi connectivity index (χ0v) is 18.4. The number of amides is 3. The molecule has 1 N–H and O–H groups in total. The summed E-state index contributed by atoms with van der Waals surface area (Å²) >= 11 is 1.27. The van der Waals surface area contributed by atoms with Crippen molar-refractivity contribution in [2.45, 2.75) is 23.5 Å². The van der Waals surface area contributed by atoms with Gasteiger partial charge in [-0.25, -0.2) is 9.29 Å². The van der Waals surface area contributed by atoms with Crippen LogP contribution in [-0.2, 0) is 9.59 Å². The molecular formula is C25H19FN2O4S. The first-order chi connectivity index (χ1) is 15.8. The summed E-state index contributed by atoms with van der Waals surface area (Å²) in [5, 5.41) is 2.17. The maximum Gasteiger partial charge on any atom is 0.255 e. The Morgan fingerprint density at radius 2 is 1.52 bits per heavy atom. The van der Waals surface area contributed by atoms with Crippen LogP contribution in [0.1, 0.15) is 34.1 Å². The first-order valence-corrected chi connectivity index (χ1v) is 11.0. The molecule has 1 saturated heterocycles. The highest BCUT2D eigenvalue weighted by molar-refractivity contribution is 8.00. The quantitative estimate of drug-likeness (QED) is 0.424. The Labute approximate surface area is 193 Å². The molecule has 0 aromatic heterocycles. The molecule has 3 amide bonds. The normalized spacial score (nSPS) is 15.6. The molecule has 0 saturated carbocycles. The van der Waals surface area contributed by atoms with Gasteiger partial charge < -0.3 is 5.32 Å². The molecule has 4 rings (SSSR count). The Morgan fingerprint density at radius 3 is 2.12 bits per heavy atom. The minimum atomic E-state index is -0.565. The molecule has 1 heterocycles. The van der Waals surface area contributed by atoms with E-state index in [2.05, 4.69) is 5.32 Å². The van der Waals surface area contributed by atoms with Crippen molar-refractivity contribution in [2.75, 3.05) is 10.2 Å². The van der Waals surface area contributed by atoms with Gasteiger partial charge in [-0.3, -0.25) is 19.2 Å². The second kappa shape index (κ2) is 9.38. The summed E-state index contributed by atoms with van der Waals surface area (Å²) in [6.45, 7) is 1.45. The average molecular weight is 463 g/mol. The van der Waals surface area contributed by atoms with Crippen molar-refractivity contribution in [3.63, 3.8) is 0 Å². The zero-order valence-electron chi connectivity index (χ0n) is 17.6. The number of nitrogens with one attached hydrogen (secondary N) is 1. The van der Waals surface area contributed by atoms with Crippen molar-refractivity contribution in [2.24, 2.45) is 0 Å². The number of rotatable bonds is 6.